The summed E-state index contributed by atoms with van der Waals surface area (Å²) in [6.45, 7) is 3.55. The summed E-state index contributed by atoms with van der Waals surface area (Å²) in [6.07, 6.45) is 3.94. The summed E-state index contributed by atoms with van der Waals surface area (Å²) >= 11 is 0. The summed E-state index contributed by atoms with van der Waals surface area (Å²) in [5.74, 6) is 1.37. The molecule has 0 atom stereocenters. The molecule has 1 fully saturated rings. The highest BCUT2D eigenvalue weighted by atomic mass is 16.3. The predicted octanol–water partition coefficient (Wildman–Crippen LogP) is 2.54. The molecule has 0 saturated heterocycles. The minimum atomic E-state index is -0.0190. The summed E-state index contributed by atoms with van der Waals surface area (Å²) < 4.78 is 2.14. The number of fused-ring (bicyclic) bond motifs is 1. The molecule has 0 radical (unpaired) electrons. The van der Waals surface area contributed by atoms with Crippen molar-refractivity contribution >= 4 is 17.1 Å². The molecule has 1 aliphatic rings. The van der Waals surface area contributed by atoms with Gasteiger partial charge in [-0.2, -0.15) is 0 Å². The second-order valence-corrected chi connectivity index (χ2v) is 7.00. The third-order valence-corrected chi connectivity index (χ3v) is 5.40. The van der Waals surface area contributed by atoms with E-state index in [4.69, 9.17) is 0 Å². The number of aryl methyl sites for hydroxylation is 1. The van der Waals surface area contributed by atoms with E-state index in [-0.39, 0.29) is 18.7 Å². The second-order valence-electron chi connectivity index (χ2n) is 7.00. The van der Waals surface area contributed by atoms with E-state index in [1.807, 2.05) is 37.1 Å². The molecule has 6 nitrogen and oxygen atoms in total. The van der Waals surface area contributed by atoms with Gasteiger partial charge in [0.1, 0.15) is 5.82 Å². The molecule has 1 heterocycles. The van der Waals surface area contributed by atoms with Crippen LogP contribution in [0.5, 0.6) is 0 Å². The van der Waals surface area contributed by atoms with Crippen molar-refractivity contribution < 1.29 is 9.90 Å². The molecule has 3 rings (SSSR count). The molecule has 25 heavy (non-hydrogen) atoms. The first kappa shape index (κ1) is 17.7. The zero-order valence-electron chi connectivity index (χ0n) is 15.1. The zero-order chi connectivity index (χ0) is 17.8. The van der Waals surface area contributed by atoms with Crippen molar-refractivity contribution in [3.05, 3.63) is 30.1 Å². The van der Waals surface area contributed by atoms with Crippen molar-refractivity contribution in [2.75, 3.05) is 20.2 Å². The van der Waals surface area contributed by atoms with Gasteiger partial charge in [0, 0.05) is 32.8 Å². The Bertz CT molecular complexity index is 719. The lowest BCUT2D eigenvalue weighted by atomic mass is 9.86. The van der Waals surface area contributed by atoms with Crippen LogP contribution in [0.4, 0.5) is 4.79 Å². The molecule has 0 spiro atoms. The first-order valence-corrected chi connectivity index (χ1v) is 9.13. The maximum atomic E-state index is 12.4. The number of urea groups is 1. The molecule has 2 aromatic rings. The lowest BCUT2D eigenvalue weighted by molar-refractivity contribution is 0.134. The number of rotatable bonds is 5. The number of amides is 2. The van der Waals surface area contributed by atoms with Crippen LogP contribution in [0.3, 0.4) is 0 Å². The molecule has 6 heteroatoms. The van der Waals surface area contributed by atoms with E-state index < -0.39 is 0 Å². The molecule has 0 aliphatic heterocycles. The fourth-order valence-electron chi connectivity index (χ4n) is 3.76. The van der Waals surface area contributed by atoms with Crippen LogP contribution in [-0.2, 0) is 6.54 Å². The average Bonchev–Trinajstić information content (AvgIpc) is 2.96. The molecule has 1 aliphatic carbocycles. The van der Waals surface area contributed by atoms with E-state index in [0.29, 0.717) is 19.0 Å². The van der Waals surface area contributed by atoms with Crippen LogP contribution >= 0.6 is 0 Å². The number of benzene rings is 1. The standard InChI is InChI=1S/C19H28N4O2/c1-14-21-17-5-3-4-6-18(17)23(14)12-11-20-19(25)22(2)16-9-7-15(13-24)8-10-16/h3-6,15-16,24H,7-13H2,1-2H3,(H,20,25). The molecule has 2 N–H and O–H groups in total. The average molecular weight is 344 g/mol. The number of para-hydroxylation sites is 2. The van der Waals surface area contributed by atoms with Crippen molar-refractivity contribution in [3.63, 3.8) is 0 Å². The van der Waals surface area contributed by atoms with Crippen LogP contribution in [0, 0.1) is 12.8 Å². The molecule has 1 saturated carbocycles. The molecule has 0 bridgehead atoms. The third-order valence-electron chi connectivity index (χ3n) is 5.40. The SMILES string of the molecule is Cc1nc2ccccc2n1CCNC(=O)N(C)C1CCC(CO)CC1. The normalized spacial score (nSPS) is 20.6. The topological polar surface area (TPSA) is 70.4 Å². The number of carbonyl (C=O) groups is 1. The Morgan fingerprint density at radius 1 is 1.32 bits per heavy atom. The van der Waals surface area contributed by atoms with Crippen LogP contribution in [0.2, 0.25) is 0 Å². The predicted molar refractivity (Wildman–Crippen MR) is 98.5 cm³/mol. The summed E-state index contributed by atoms with van der Waals surface area (Å²) in [6, 6.07) is 8.32. The number of aliphatic hydroxyl groups is 1. The first-order valence-electron chi connectivity index (χ1n) is 9.13. The Kier molecular flexibility index (Phi) is 5.58. The lowest BCUT2D eigenvalue weighted by Gasteiger charge is -2.34. The Hall–Kier alpha value is -2.08. The number of nitrogens with one attached hydrogen (secondary N) is 1. The molecule has 1 aromatic carbocycles. The molecule has 136 valence electrons. The van der Waals surface area contributed by atoms with Gasteiger partial charge in [0.05, 0.1) is 11.0 Å². The first-order chi connectivity index (χ1) is 12.1. The van der Waals surface area contributed by atoms with E-state index in [0.717, 1.165) is 42.5 Å². The minimum Gasteiger partial charge on any atom is -0.396 e. The summed E-state index contributed by atoms with van der Waals surface area (Å²) in [5.41, 5.74) is 2.09. The summed E-state index contributed by atoms with van der Waals surface area (Å²) in [4.78, 5) is 18.8. The van der Waals surface area contributed by atoms with E-state index in [9.17, 15) is 9.90 Å². The van der Waals surface area contributed by atoms with Crippen LogP contribution < -0.4 is 5.32 Å². The van der Waals surface area contributed by atoms with Gasteiger partial charge in [0.25, 0.3) is 0 Å². The van der Waals surface area contributed by atoms with E-state index in [2.05, 4.69) is 20.9 Å². The number of nitrogens with zero attached hydrogens (tertiary/aromatic N) is 3. The van der Waals surface area contributed by atoms with Crippen LogP contribution in [0.15, 0.2) is 24.3 Å². The Morgan fingerprint density at radius 3 is 2.76 bits per heavy atom. The zero-order valence-corrected chi connectivity index (χ0v) is 15.1. The van der Waals surface area contributed by atoms with Crippen LogP contribution in [0.1, 0.15) is 31.5 Å². The molecule has 2 amide bonds. The van der Waals surface area contributed by atoms with Crippen molar-refractivity contribution in [1.82, 2.24) is 19.8 Å². The highest BCUT2D eigenvalue weighted by Crippen LogP contribution is 2.26. The van der Waals surface area contributed by atoms with Gasteiger partial charge >= 0.3 is 6.03 Å². The number of aromatic nitrogens is 2. The number of imidazole rings is 1. The quantitative estimate of drug-likeness (QED) is 0.876. The number of aliphatic hydroxyl groups excluding tert-OH is 1. The largest absolute Gasteiger partial charge is 0.396 e. The van der Waals surface area contributed by atoms with Crippen molar-refractivity contribution in [2.24, 2.45) is 5.92 Å². The fraction of sp³-hybridized carbons (Fsp3) is 0.579. The van der Waals surface area contributed by atoms with Crippen molar-refractivity contribution in [3.8, 4) is 0 Å². The summed E-state index contributed by atoms with van der Waals surface area (Å²) in [7, 11) is 1.87. The van der Waals surface area contributed by atoms with E-state index in [1.54, 1.807) is 0 Å². The molecule has 0 unspecified atom stereocenters. The van der Waals surface area contributed by atoms with Gasteiger partial charge in [0.2, 0.25) is 0 Å². The maximum Gasteiger partial charge on any atom is 0.317 e. The Labute approximate surface area is 148 Å². The third kappa shape index (κ3) is 3.95. The Morgan fingerprint density at radius 2 is 2.04 bits per heavy atom. The van der Waals surface area contributed by atoms with Crippen molar-refractivity contribution in [2.45, 2.75) is 45.2 Å². The lowest BCUT2D eigenvalue weighted by Crippen LogP contribution is -2.45. The monoisotopic (exact) mass is 344 g/mol. The van der Waals surface area contributed by atoms with Gasteiger partial charge < -0.3 is 19.9 Å². The highest BCUT2D eigenvalue weighted by molar-refractivity contribution is 5.76. The van der Waals surface area contributed by atoms with Crippen LogP contribution in [-0.4, -0.2) is 51.8 Å². The van der Waals surface area contributed by atoms with Crippen molar-refractivity contribution in [1.29, 1.82) is 0 Å². The van der Waals surface area contributed by atoms with Gasteiger partial charge in [0.15, 0.2) is 0 Å². The van der Waals surface area contributed by atoms with Gasteiger partial charge in [-0.3, -0.25) is 0 Å². The highest BCUT2D eigenvalue weighted by Gasteiger charge is 2.26. The summed E-state index contributed by atoms with van der Waals surface area (Å²) in [5, 5.41) is 12.3. The minimum absolute atomic E-state index is 0.0190. The second kappa shape index (κ2) is 7.87. The van der Waals surface area contributed by atoms with Crippen LogP contribution in [0.25, 0.3) is 11.0 Å². The van der Waals surface area contributed by atoms with Gasteiger partial charge in [-0.15, -0.1) is 0 Å². The molecular weight excluding hydrogens is 316 g/mol. The van der Waals surface area contributed by atoms with Gasteiger partial charge in [-0.05, 0) is 50.7 Å². The fourth-order valence-corrected chi connectivity index (χ4v) is 3.76. The number of hydrogen-bond acceptors (Lipinski definition) is 3. The molecule has 1 aromatic heterocycles. The van der Waals surface area contributed by atoms with E-state index in [1.165, 1.54) is 0 Å². The number of hydrogen-bond donors (Lipinski definition) is 2. The Balaban J connectivity index is 1.51. The van der Waals surface area contributed by atoms with Gasteiger partial charge in [-0.1, -0.05) is 12.1 Å². The smallest absolute Gasteiger partial charge is 0.317 e. The number of carbonyl (C=O) groups excluding carboxylic acids is 1. The molecular formula is C19H28N4O2. The van der Waals surface area contributed by atoms with E-state index >= 15 is 0 Å². The van der Waals surface area contributed by atoms with Gasteiger partial charge in [-0.25, -0.2) is 9.78 Å². The maximum absolute atomic E-state index is 12.4.